The highest BCUT2D eigenvalue weighted by molar-refractivity contribution is 7.28. The van der Waals surface area contributed by atoms with Crippen LogP contribution < -0.4 is 15.9 Å². The number of hydrogen-bond acceptors (Lipinski definition) is 5. The first-order chi connectivity index (χ1) is 10.1. The molecule has 3 N–H and O–H groups in total. The summed E-state index contributed by atoms with van der Waals surface area (Å²) < 4.78 is 0. The molecule has 1 unspecified atom stereocenters. The van der Waals surface area contributed by atoms with E-state index >= 15 is 0 Å². The minimum Gasteiger partial charge on any atom is -0.504 e. The van der Waals surface area contributed by atoms with Crippen LogP contribution in [0.15, 0.2) is 47.2 Å². The van der Waals surface area contributed by atoms with Crippen molar-refractivity contribution in [2.75, 3.05) is 6.54 Å². The van der Waals surface area contributed by atoms with Gasteiger partial charge < -0.3 is 15.7 Å². The van der Waals surface area contributed by atoms with Crippen LogP contribution in [0.4, 0.5) is 0 Å². The van der Waals surface area contributed by atoms with Crippen LogP contribution in [0.25, 0.3) is 11.0 Å². The van der Waals surface area contributed by atoms with Crippen LogP contribution in [-0.4, -0.2) is 21.6 Å². The Balaban J connectivity index is 1.81. The van der Waals surface area contributed by atoms with Crippen molar-refractivity contribution in [3.8, 4) is 0 Å². The van der Waals surface area contributed by atoms with Gasteiger partial charge in [-0.15, -0.1) is 9.24 Å². The summed E-state index contributed by atoms with van der Waals surface area (Å²) in [7, 11) is 2.67. The maximum Gasteiger partial charge on any atom is 0.156 e. The fourth-order valence-corrected chi connectivity index (χ4v) is 2.75. The quantitative estimate of drug-likeness (QED) is 0.751. The first-order valence-corrected chi connectivity index (χ1v) is 7.35. The lowest BCUT2D eigenvalue weighted by atomic mass is 10.2. The van der Waals surface area contributed by atoms with Crippen LogP contribution in [0.2, 0.25) is 0 Å². The molecule has 0 spiro atoms. The Morgan fingerprint density at radius 3 is 3.00 bits per heavy atom. The third-order valence-electron chi connectivity index (χ3n) is 3.16. The van der Waals surface area contributed by atoms with E-state index in [-0.39, 0.29) is 5.76 Å². The predicted octanol–water partition coefficient (Wildman–Crippen LogP) is 1.67. The molecule has 1 aliphatic heterocycles. The highest BCUT2D eigenvalue weighted by Gasteiger charge is 2.13. The smallest absolute Gasteiger partial charge is 0.156 e. The molecule has 0 saturated carbocycles. The molecule has 0 fully saturated rings. The molecule has 7 heteroatoms. The summed E-state index contributed by atoms with van der Waals surface area (Å²) in [6, 6.07) is 4.00. The van der Waals surface area contributed by atoms with Crippen LogP contribution in [0.3, 0.4) is 0 Å². The molecule has 0 radical (unpaired) electrons. The molecular weight excluding hydrogens is 307 g/mol. The molecular formula is C14H14ClN4OP. The highest BCUT2D eigenvalue weighted by atomic mass is 35.5. The summed E-state index contributed by atoms with van der Waals surface area (Å²) in [5.41, 5.74) is 3.34. The molecule has 1 atom stereocenters. The number of halogens is 1. The number of nitrogens with zero attached hydrogens (tertiary/aromatic N) is 2. The summed E-state index contributed by atoms with van der Waals surface area (Å²) >= 11 is 5.91. The molecule has 0 saturated heterocycles. The highest BCUT2D eigenvalue weighted by Crippen LogP contribution is 2.17. The number of aromatic nitrogens is 2. The standard InChI is InChI=1S/C14H14ClN4OP/c15-9-6-16-7-11(14(9)20)19-5-8-3-10-13(12(21)4-8)18-2-1-17-10/h1-4,7,16,19-20H,5-6,21H2. The molecule has 5 nitrogen and oxygen atoms in total. The van der Waals surface area contributed by atoms with Gasteiger partial charge in [-0.1, -0.05) is 11.6 Å². The van der Waals surface area contributed by atoms with Crippen molar-refractivity contribution < 1.29 is 5.11 Å². The maximum absolute atomic E-state index is 9.89. The van der Waals surface area contributed by atoms with Gasteiger partial charge in [-0.05, 0) is 23.0 Å². The normalized spacial score (nSPS) is 14.9. The van der Waals surface area contributed by atoms with Crippen molar-refractivity contribution in [1.29, 1.82) is 0 Å². The third kappa shape index (κ3) is 2.94. The molecule has 2 aromatic rings. The number of hydrogen-bond donors (Lipinski definition) is 3. The average molecular weight is 321 g/mol. The van der Waals surface area contributed by atoms with Gasteiger partial charge in [0.15, 0.2) is 5.76 Å². The zero-order valence-electron chi connectivity index (χ0n) is 11.1. The van der Waals surface area contributed by atoms with Crippen molar-refractivity contribution >= 4 is 37.2 Å². The zero-order valence-corrected chi connectivity index (χ0v) is 13.0. The lowest BCUT2D eigenvalue weighted by molar-refractivity contribution is 0.404. The SMILES string of the molecule is OC1=C(Cl)CNC=C1NCc1cc(P)c2nccnc2c1. The molecule has 0 aliphatic carbocycles. The lowest BCUT2D eigenvalue weighted by Crippen LogP contribution is -2.24. The molecule has 0 bridgehead atoms. The summed E-state index contributed by atoms with van der Waals surface area (Å²) in [6.07, 6.45) is 5.06. The van der Waals surface area contributed by atoms with E-state index in [1.54, 1.807) is 18.6 Å². The summed E-state index contributed by atoms with van der Waals surface area (Å²) in [5.74, 6) is 0.0853. The third-order valence-corrected chi connectivity index (χ3v) is 3.91. The minimum absolute atomic E-state index is 0.0853. The summed E-state index contributed by atoms with van der Waals surface area (Å²) in [6.45, 7) is 0.996. The van der Waals surface area contributed by atoms with Gasteiger partial charge in [0.25, 0.3) is 0 Å². The second-order valence-corrected chi connectivity index (χ2v) is 5.73. The van der Waals surface area contributed by atoms with Crippen LogP contribution in [0.5, 0.6) is 0 Å². The van der Waals surface area contributed by atoms with E-state index < -0.39 is 0 Å². The van der Waals surface area contributed by atoms with Gasteiger partial charge in [0.2, 0.25) is 0 Å². The number of benzene rings is 1. The van der Waals surface area contributed by atoms with Crippen molar-refractivity contribution in [1.82, 2.24) is 20.6 Å². The Kier molecular flexibility index (Phi) is 3.95. The van der Waals surface area contributed by atoms with Crippen molar-refractivity contribution in [3.05, 3.63) is 52.8 Å². The van der Waals surface area contributed by atoms with Crippen molar-refractivity contribution in [2.24, 2.45) is 0 Å². The van der Waals surface area contributed by atoms with Gasteiger partial charge in [-0.3, -0.25) is 9.97 Å². The van der Waals surface area contributed by atoms with Crippen LogP contribution >= 0.6 is 20.8 Å². The van der Waals surface area contributed by atoms with Crippen LogP contribution in [-0.2, 0) is 6.54 Å². The number of rotatable bonds is 3. The van der Waals surface area contributed by atoms with Gasteiger partial charge >= 0.3 is 0 Å². The van der Waals surface area contributed by atoms with E-state index in [0.29, 0.717) is 23.8 Å². The van der Waals surface area contributed by atoms with E-state index in [1.807, 2.05) is 12.1 Å². The summed E-state index contributed by atoms with van der Waals surface area (Å²) in [5, 5.41) is 17.4. The number of aliphatic hydroxyl groups excluding tert-OH is 1. The van der Waals surface area contributed by atoms with Gasteiger partial charge in [0.1, 0.15) is 0 Å². The Morgan fingerprint density at radius 2 is 2.14 bits per heavy atom. The first kappa shape index (κ1) is 14.1. The first-order valence-electron chi connectivity index (χ1n) is 6.39. The number of fused-ring (bicyclic) bond motifs is 1. The largest absolute Gasteiger partial charge is 0.504 e. The molecule has 21 heavy (non-hydrogen) atoms. The predicted molar refractivity (Wildman–Crippen MR) is 87.3 cm³/mol. The second kappa shape index (κ2) is 5.88. The molecule has 1 aromatic carbocycles. The van der Waals surface area contributed by atoms with Gasteiger partial charge in [-0.25, -0.2) is 0 Å². The molecule has 3 rings (SSSR count). The Labute approximate surface area is 129 Å². The van der Waals surface area contributed by atoms with Gasteiger partial charge in [0.05, 0.1) is 28.3 Å². The fraction of sp³-hybridized carbons (Fsp3) is 0.143. The Bertz CT molecular complexity index is 760. The van der Waals surface area contributed by atoms with Crippen LogP contribution in [0, 0.1) is 0 Å². The van der Waals surface area contributed by atoms with Crippen molar-refractivity contribution in [3.63, 3.8) is 0 Å². The second-order valence-electron chi connectivity index (χ2n) is 4.66. The van der Waals surface area contributed by atoms with E-state index in [0.717, 1.165) is 21.9 Å². The summed E-state index contributed by atoms with van der Waals surface area (Å²) in [4.78, 5) is 8.62. The number of dihydropyridines is 1. The minimum atomic E-state index is 0.0853. The maximum atomic E-state index is 9.89. The van der Waals surface area contributed by atoms with Crippen molar-refractivity contribution in [2.45, 2.75) is 6.54 Å². The average Bonchev–Trinajstić information content (AvgIpc) is 2.49. The molecule has 108 valence electrons. The monoisotopic (exact) mass is 320 g/mol. The van der Waals surface area contributed by atoms with E-state index in [9.17, 15) is 5.11 Å². The lowest BCUT2D eigenvalue weighted by Gasteiger charge is -2.17. The molecule has 1 aliphatic rings. The van der Waals surface area contributed by atoms with E-state index in [1.165, 1.54) is 0 Å². The Morgan fingerprint density at radius 1 is 1.33 bits per heavy atom. The van der Waals surface area contributed by atoms with E-state index in [4.69, 9.17) is 11.6 Å². The zero-order chi connectivity index (χ0) is 14.8. The molecule has 1 aromatic heterocycles. The van der Waals surface area contributed by atoms with Gasteiger partial charge in [0, 0.05) is 25.1 Å². The number of nitrogens with one attached hydrogen (secondary N) is 2. The van der Waals surface area contributed by atoms with Gasteiger partial charge in [-0.2, -0.15) is 0 Å². The molecule has 0 amide bonds. The van der Waals surface area contributed by atoms with Crippen LogP contribution in [0.1, 0.15) is 5.56 Å². The Hall–Kier alpha value is -1.84. The van der Waals surface area contributed by atoms with E-state index in [2.05, 4.69) is 29.8 Å². The molecule has 2 heterocycles. The fourth-order valence-electron chi connectivity index (χ4n) is 2.14. The topological polar surface area (TPSA) is 70.1 Å². The number of aliphatic hydroxyl groups is 1.